The monoisotopic (exact) mass is 295 g/mol. The van der Waals surface area contributed by atoms with Crippen LogP contribution in [0.1, 0.15) is 23.6 Å². The van der Waals surface area contributed by atoms with Crippen molar-refractivity contribution in [2.24, 2.45) is 5.10 Å². The molecule has 21 heavy (non-hydrogen) atoms. The highest BCUT2D eigenvalue weighted by Gasteiger charge is 2.01. The van der Waals surface area contributed by atoms with E-state index in [1.54, 1.807) is 11.3 Å². The Bertz CT molecular complexity index is 757. The zero-order valence-corrected chi connectivity index (χ0v) is 12.9. The predicted molar refractivity (Wildman–Crippen MR) is 91.4 cm³/mol. The third kappa shape index (κ3) is 3.11. The number of para-hydroxylation sites is 1. The van der Waals surface area contributed by atoms with E-state index < -0.39 is 0 Å². The molecule has 0 aliphatic rings. The van der Waals surface area contributed by atoms with Gasteiger partial charge in [0.2, 0.25) is 5.13 Å². The molecule has 0 unspecified atom stereocenters. The summed E-state index contributed by atoms with van der Waals surface area (Å²) in [5.74, 6) is 0. The van der Waals surface area contributed by atoms with Gasteiger partial charge in [0.1, 0.15) is 0 Å². The fourth-order valence-electron chi connectivity index (χ4n) is 2.13. The molecule has 0 radical (unpaired) electrons. The number of hydrogen-bond donors (Lipinski definition) is 1. The number of thiazole rings is 1. The van der Waals surface area contributed by atoms with Gasteiger partial charge in [-0.2, -0.15) is 5.10 Å². The number of nitrogens with one attached hydrogen (secondary N) is 1. The van der Waals surface area contributed by atoms with E-state index in [1.165, 1.54) is 15.8 Å². The topological polar surface area (TPSA) is 37.3 Å². The van der Waals surface area contributed by atoms with Crippen LogP contribution < -0.4 is 5.43 Å². The van der Waals surface area contributed by atoms with Gasteiger partial charge in [0.15, 0.2) is 0 Å². The van der Waals surface area contributed by atoms with Crippen LogP contribution >= 0.6 is 11.3 Å². The molecule has 0 bridgehead atoms. The van der Waals surface area contributed by atoms with Crippen molar-refractivity contribution in [3.63, 3.8) is 0 Å². The zero-order valence-electron chi connectivity index (χ0n) is 12.1. The van der Waals surface area contributed by atoms with Crippen molar-refractivity contribution in [2.75, 3.05) is 5.43 Å². The van der Waals surface area contributed by atoms with Crippen molar-refractivity contribution < 1.29 is 0 Å². The van der Waals surface area contributed by atoms with E-state index in [1.807, 2.05) is 24.4 Å². The molecule has 0 aliphatic carbocycles. The molecule has 3 nitrogen and oxygen atoms in total. The Morgan fingerprint density at radius 2 is 2.10 bits per heavy atom. The highest BCUT2D eigenvalue weighted by molar-refractivity contribution is 7.22. The maximum atomic E-state index is 4.49. The molecule has 1 heterocycles. The maximum absolute atomic E-state index is 4.49. The summed E-state index contributed by atoms with van der Waals surface area (Å²) >= 11 is 1.61. The molecular weight excluding hydrogens is 278 g/mol. The van der Waals surface area contributed by atoms with Gasteiger partial charge < -0.3 is 0 Å². The van der Waals surface area contributed by atoms with Gasteiger partial charge in [-0.15, -0.1) is 0 Å². The molecular formula is C17H17N3S. The normalized spacial score (nSPS) is 11.3. The Morgan fingerprint density at radius 1 is 1.24 bits per heavy atom. The fraction of sp³-hybridized carbons (Fsp3) is 0.176. The lowest BCUT2D eigenvalue weighted by Crippen LogP contribution is -1.93. The van der Waals surface area contributed by atoms with E-state index >= 15 is 0 Å². The minimum atomic E-state index is 0.816. The summed E-state index contributed by atoms with van der Waals surface area (Å²) in [5, 5.41) is 5.13. The summed E-state index contributed by atoms with van der Waals surface area (Å²) in [5.41, 5.74) is 7.72. The van der Waals surface area contributed by atoms with Gasteiger partial charge >= 0.3 is 0 Å². The summed E-state index contributed by atoms with van der Waals surface area (Å²) < 4.78 is 1.17. The Labute approximate surface area is 128 Å². The first-order valence-corrected chi connectivity index (χ1v) is 7.82. The summed E-state index contributed by atoms with van der Waals surface area (Å²) in [7, 11) is 0. The van der Waals surface area contributed by atoms with E-state index in [9.17, 15) is 0 Å². The first-order chi connectivity index (χ1) is 10.3. The second kappa shape index (κ2) is 6.06. The van der Waals surface area contributed by atoms with Gasteiger partial charge in [-0.1, -0.05) is 42.5 Å². The number of aryl methyl sites for hydroxylation is 2. The average Bonchev–Trinajstić information content (AvgIpc) is 2.92. The van der Waals surface area contributed by atoms with Gasteiger partial charge in [-0.3, -0.25) is 5.43 Å². The SMILES string of the molecule is CCc1ccc(C)c(/C=N/Nc2nc3ccccc3s2)c1. The van der Waals surface area contributed by atoms with E-state index in [2.05, 4.69) is 53.6 Å². The van der Waals surface area contributed by atoms with Crippen molar-refractivity contribution in [2.45, 2.75) is 20.3 Å². The fourth-order valence-corrected chi connectivity index (χ4v) is 2.94. The van der Waals surface area contributed by atoms with Gasteiger partial charge in [0.25, 0.3) is 0 Å². The number of anilines is 1. The second-order valence-electron chi connectivity index (χ2n) is 4.90. The van der Waals surface area contributed by atoms with Crippen LogP contribution in [0.2, 0.25) is 0 Å². The Hall–Kier alpha value is -2.20. The Balaban J connectivity index is 1.77. The van der Waals surface area contributed by atoms with E-state index in [4.69, 9.17) is 0 Å². The van der Waals surface area contributed by atoms with Crippen LogP contribution in [0.25, 0.3) is 10.2 Å². The number of rotatable bonds is 4. The number of hydrogen-bond acceptors (Lipinski definition) is 4. The van der Waals surface area contributed by atoms with Crippen LogP contribution in [-0.2, 0) is 6.42 Å². The minimum absolute atomic E-state index is 0.816. The van der Waals surface area contributed by atoms with E-state index in [0.29, 0.717) is 0 Å². The smallest absolute Gasteiger partial charge is 0.204 e. The Kier molecular flexibility index (Phi) is 3.97. The van der Waals surface area contributed by atoms with Crippen molar-refractivity contribution in [3.05, 3.63) is 59.2 Å². The lowest BCUT2D eigenvalue weighted by Gasteiger charge is -2.02. The van der Waals surface area contributed by atoms with Crippen LogP contribution in [0.3, 0.4) is 0 Å². The Morgan fingerprint density at radius 3 is 2.90 bits per heavy atom. The minimum Gasteiger partial charge on any atom is -0.253 e. The van der Waals surface area contributed by atoms with Crippen LogP contribution in [0.4, 0.5) is 5.13 Å². The molecule has 0 spiro atoms. The van der Waals surface area contributed by atoms with E-state index in [0.717, 1.165) is 22.6 Å². The van der Waals surface area contributed by atoms with Crippen LogP contribution in [0.15, 0.2) is 47.6 Å². The molecule has 106 valence electrons. The number of fused-ring (bicyclic) bond motifs is 1. The molecule has 1 N–H and O–H groups in total. The van der Waals surface area contributed by atoms with Crippen molar-refractivity contribution in [3.8, 4) is 0 Å². The molecule has 0 aliphatic heterocycles. The molecule has 0 saturated carbocycles. The number of aromatic nitrogens is 1. The summed E-state index contributed by atoms with van der Waals surface area (Å²) in [4.78, 5) is 4.49. The molecule has 1 aromatic heterocycles. The molecule has 0 amide bonds. The first kappa shape index (κ1) is 13.8. The molecule has 0 fully saturated rings. The molecule has 0 atom stereocenters. The van der Waals surface area contributed by atoms with Crippen molar-refractivity contribution in [1.29, 1.82) is 0 Å². The number of benzene rings is 2. The standard InChI is InChI=1S/C17H17N3S/c1-3-13-9-8-12(2)14(10-13)11-18-20-17-19-15-6-4-5-7-16(15)21-17/h4-11H,3H2,1-2H3,(H,19,20)/b18-11+. The zero-order chi connectivity index (χ0) is 14.7. The van der Waals surface area contributed by atoms with Crippen molar-refractivity contribution in [1.82, 2.24) is 4.98 Å². The molecule has 2 aromatic carbocycles. The third-order valence-electron chi connectivity index (χ3n) is 3.41. The lowest BCUT2D eigenvalue weighted by molar-refractivity contribution is 1.13. The third-order valence-corrected chi connectivity index (χ3v) is 4.35. The summed E-state index contributed by atoms with van der Waals surface area (Å²) in [6.07, 6.45) is 2.90. The van der Waals surface area contributed by atoms with Gasteiger partial charge in [0, 0.05) is 0 Å². The largest absolute Gasteiger partial charge is 0.253 e. The molecule has 3 aromatic rings. The number of hydrazone groups is 1. The second-order valence-corrected chi connectivity index (χ2v) is 5.93. The predicted octanol–water partition coefficient (Wildman–Crippen LogP) is 4.61. The average molecular weight is 295 g/mol. The van der Waals surface area contributed by atoms with E-state index in [-0.39, 0.29) is 0 Å². The van der Waals surface area contributed by atoms with Gasteiger partial charge in [-0.05, 0) is 48.2 Å². The van der Waals surface area contributed by atoms with Crippen LogP contribution in [-0.4, -0.2) is 11.2 Å². The highest BCUT2D eigenvalue weighted by atomic mass is 32.1. The highest BCUT2D eigenvalue weighted by Crippen LogP contribution is 2.25. The van der Waals surface area contributed by atoms with Crippen molar-refractivity contribution >= 4 is 32.9 Å². The number of nitrogens with zero attached hydrogens (tertiary/aromatic N) is 2. The first-order valence-electron chi connectivity index (χ1n) is 7.00. The quantitative estimate of drug-likeness (QED) is 0.563. The summed E-state index contributed by atoms with van der Waals surface area (Å²) in [6, 6.07) is 14.6. The maximum Gasteiger partial charge on any atom is 0.204 e. The van der Waals surface area contributed by atoms with Gasteiger partial charge in [-0.25, -0.2) is 4.98 Å². The molecule has 3 rings (SSSR count). The van der Waals surface area contributed by atoms with Crippen LogP contribution in [0, 0.1) is 6.92 Å². The molecule has 0 saturated heterocycles. The van der Waals surface area contributed by atoms with Crippen LogP contribution in [0.5, 0.6) is 0 Å². The summed E-state index contributed by atoms with van der Waals surface area (Å²) in [6.45, 7) is 4.25. The van der Waals surface area contributed by atoms with Gasteiger partial charge in [0.05, 0.1) is 16.4 Å². The lowest BCUT2D eigenvalue weighted by atomic mass is 10.0. The molecule has 4 heteroatoms.